The zero-order valence-corrected chi connectivity index (χ0v) is 16.3. The van der Waals surface area contributed by atoms with Gasteiger partial charge < -0.3 is 14.2 Å². The summed E-state index contributed by atoms with van der Waals surface area (Å²) in [5.74, 6) is 1.10. The minimum atomic E-state index is -0.0519. The van der Waals surface area contributed by atoms with E-state index in [0.29, 0.717) is 6.04 Å². The molecule has 2 fully saturated rings. The van der Waals surface area contributed by atoms with Crippen molar-refractivity contribution >= 4 is 17.7 Å². The third-order valence-electron chi connectivity index (χ3n) is 6.45. The van der Waals surface area contributed by atoms with Crippen LogP contribution in [0.5, 0.6) is 0 Å². The molecule has 1 aromatic heterocycles. The standard InChI is InChI=1S/C22H26N4O2/c1-28-22(27)18-12-19(13-18)24-8-10-25(11-9-24)20-14-16-4-2-3-5-17(16)15-26-7-6-23-21(20)26/h2-7,14,18-19H,8-13,15H2,1H3. The third kappa shape index (κ3) is 3.02. The molecule has 0 atom stereocenters. The lowest BCUT2D eigenvalue weighted by Crippen LogP contribution is -2.54. The number of nitrogens with zero attached hydrogens (tertiary/aromatic N) is 4. The number of ether oxygens (including phenoxy) is 1. The van der Waals surface area contributed by atoms with Gasteiger partial charge in [0.05, 0.1) is 18.7 Å². The molecule has 1 saturated carbocycles. The molecular formula is C22H26N4O2. The van der Waals surface area contributed by atoms with Crippen molar-refractivity contribution in [3.8, 4) is 0 Å². The number of carbonyl (C=O) groups is 1. The van der Waals surface area contributed by atoms with E-state index in [9.17, 15) is 4.79 Å². The van der Waals surface area contributed by atoms with Gasteiger partial charge in [0.15, 0.2) is 5.82 Å². The van der Waals surface area contributed by atoms with E-state index in [1.807, 2.05) is 6.20 Å². The summed E-state index contributed by atoms with van der Waals surface area (Å²) < 4.78 is 7.12. The van der Waals surface area contributed by atoms with Gasteiger partial charge in [0, 0.05) is 51.2 Å². The van der Waals surface area contributed by atoms with Crippen LogP contribution >= 0.6 is 0 Å². The van der Waals surface area contributed by atoms with Gasteiger partial charge in [-0.1, -0.05) is 24.3 Å². The van der Waals surface area contributed by atoms with Crippen molar-refractivity contribution in [1.29, 1.82) is 0 Å². The van der Waals surface area contributed by atoms with Crippen LogP contribution in [0.3, 0.4) is 0 Å². The molecule has 6 nitrogen and oxygen atoms in total. The van der Waals surface area contributed by atoms with Gasteiger partial charge in [-0.2, -0.15) is 0 Å². The largest absolute Gasteiger partial charge is 0.469 e. The first-order chi connectivity index (χ1) is 13.7. The van der Waals surface area contributed by atoms with E-state index in [1.165, 1.54) is 23.9 Å². The van der Waals surface area contributed by atoms with Crippen molar-refractivity contribution in [3.63, 3.8) is 0 Å². The Balaban J connectivity index is 1.30. The van der Waals surface area contributed by atoms with Crippen LogP contribution in [-0.4, -0.2) is 64.7 Å². The zero-order chi connectivity index (χ0) is 19.1. The topological polar surface area (TPSA) is 50.6 Å². The van der Waals surface area contributed by atoms with Crippen molar-refractivity contribution in [2.75, 3.05) is 33.3 Å². The van der Waals surface area contributed by atoms with E-state index in [-0.39, 0.29) is 11.9 Å². The summed E-state index contributed by atoms with van der Waals surface area (Å²) in [6.07, 6.45) is 8.14. The highest BCUT2D eigenvalue weighted by Gasteiger charge is 2.39. The summed E-state index contributed by atoms with van der Waals surface area (Å²) in [6, 6.07) is 9.13. The smallest absolute Gasteiger partial charge is 0.308 e. The average Bonchev–Trinajstić information content (AvgIpc) is 3.08. The first kappa shape index (κ1) is 17.5. The Morgan fingerprint density at radius 3 is 2.71 bits per heavy atom. The summed E-state index contributed by atoms with van der Waals surface area (Å²) in [5, 5.41) is 0. The van der Waals surface area contributed by atoms with Gasteiger partial charge in [-0.25, -0.2) is 4.98 Å². The van der Waals surface area contributed by atoms with Gasteiger partial charge in [0.2, 0.25) is 0 Å². The molecular weight excluding hydrogens is 352 g/mol. The van der Waals surface area contributed by atoms with E-state index in [2.05, 4.69) is 55.9 Å². The second kappa shape index (κ2) is 7.09. The van der Waals surface area contributed by atoms with E-state index in [4.69, 9.17) is 4.74 Å². The second-order valence-electron chi connectivity index (χ2n) is 7.98. The fraction of sp³-hybridized carbons (Fsp3) is 0.455. The van der Waals surface area contributed by atoms with Crippen LogP contribution in [0, 0.1) is 5.92 Å². The van der Waals surface area contributed by atoms with E-state index >= 15 is 0 Å². The quantitative estimate of drug-likeness (QED) is 0.767. The predicted octanol–water partition coefficient (Wildman–Crippen LogP) is 2.31. The molecule has 1 aliphatic carbocycles. The fourth-order valence-corrected chi connectivity index (χ4v) is 4.69. The number of imidazole rings is 1. The first-order valence-corrected chi connectivity index (χ1v) is 10.1. The van der Waals surface area contributed by atoms with Crippen LogP contribution < -0.4 is 0 Å². The molecule has 0 radical (unpaired) electrons. The normalized spacial score (nSPS) is 24.5. The van der Waals surface area contributed by atoms with Gasteiger partial charge in [-0.3, -0.25) is 9.69 Å². The molecule has 28 heavy (non-hydrogen) atoms. The van der Waals surface area contributed by atoms with Crippen LogP contribution in [0.15, 0.2) is 36.7 Å². The molecule has 6 heteroatoms. The number of carbonyl (C=O) groups excluding carboxylic acids is 1. The van der Waals surface area contributed by atoms with Crippen LogP contribution in [0.2, 0.25) is 0 Å². The zero-order valence-electron chi connectivity index (χ0n) is 16.3. The van der Waals surface area contributed by atoms with Crippen molar-refractivity contribution in [2.24, 2.45) is 5.92 Å². The van der Waals surface area contributed by atoms with Gasteiger partial charge in [0.25, 0.3) is 0 Å². The fourth-order valence-electron chi connectivity index (χ4n) is 4.69. The Hall–Kier alpha value is -2.60. The second-order valence-corrected chi connectivity index (χ2v) is 7.98. The monoisotopic (exact) mass is 378 g/mol. The van der Waals surface area contributed by atoms with Crippen molar-refractivity contribution in [2.45, 2.75) is 25.4 Å². The van der Waals surface area contributed by atoms with Crippen molar-refractivity contribution in [3.05, 3.63) is 53.6 Å². The van der Waals surface area contributed by atoms with Gasteiger partial charge in [-0.15, -0.1) is 0 Å². The Bertz CT molecular complexity index is 905. The number of aromatic nitrogens is 2. The summed E-state index contributed by atoms with van der Waals surface area (Å²) >= 11 is 0. The number of esters is 1. The van der Waals surface area contributed by atoms with Crippen LogP contribution in [0.4, 0.5) is 0 Å². The highest BCUT2D eigenvalue weighted by atomic mass is 16.5. The van der Waals surface area contributed by atoms with Gasteiger partial charge >= 0.3 is 5.97 Å². The molecule has 0 amide bonds. The number of fused-ring (bicyclic) bond motifs is 2. The summed E-state index contributed by atoms with van der Waals surface area (Å²) in [5.41, 5.74) is 3.83. The summed E-state index contributed by atoms with van der Waals surface area (Å²) in [6.45, 7) is 4.89. The Kier molecular flexibility index (Phi) is 4.43. The average molecular weight is 378 g/mol. The number of methoxy groups -OCH3 is 1. The Morgan fingerprint density at radius 2 is 1.93 bits per heavy atom. The molecule has 0 spiro atoms. The Morgan fingerprint density at radius 1 is 1.14 bits per heavy atom. The van der Waals surface area contributed by atoms with E-state index in [0.717, 1.165) is 51.4 Å². The molecule has 0 unspecified atom stereocenters. The lowest BCUT2D eigenvalue weighted by Gasteiger charge is -2.46. The lowest BCUT2D eigenvalue weighted by molar-refractivity contribution is -0.151. The number of hydrogen-bond acceptors (Lipinski definition) is 5. The highest BCUT2D eigenvalue weighted by Crippen LogP contribution is 2.34. The predicted molar refractivity (Wildman–Crippen MR) is 107 cm³/mol. The maximum Gasteiger partial charge on any atom is 0.308 e. The van der Waals surface area contributed by atoms with Crippen LogP contribution in [0.25, 0.3) is 11.8 Å². The van der Waals surface area contributed by atoms with Crippen LogP contribution in [-0.2, 0) is 16.1 Å². The minimum absolute atomic E-state index is 0.0519. The Labute approximate surface area is 165 Å². The minimum Gasteiger partial charge on any atom is -0.469 e. The molecule has 3 heterocycles. The number of hydrogen-bond donors (Lipinski definition) is 0. The summed E-state index contributed by atoms with van der Waals surface area (Å²) in [7, 11) is 1.48. The molecule has 5 rings (SSSR count). The molecule has 0 N–H and O–H groups in total. The molecule has 1 saturated heterocycles. The number of piperazine rings is 1. The molecule has 3 aliphatic rings. The molecule has 2 aliphatic heterocycles. The SMILES string of the molecule is COC(=O)C1CC(N2CCN(C3=Cc4ccccc4Cn4ccnc43)CC2)C1. The summed E-state index contributed by atoms with van der Waals surface area (Å²) in [4.78, 5) is 21.3. The molecule has 2 aromatic rings. The maximum atomic E-state index is 11.6. The first-order valence-electron chi connectivity index (χ1n) is 10.1. The third-order valence-corrected chi connectivity index (χ3v) is 6.45. The van der Waals surface area contributed by atoms with Gasteiger partial charge in [0.1, 0.15) is 0 Å². The van der Waals surface area contributed by atoms with Crippen molar-refractivity contribution in [1.82, 2.24) is 19.4 Å². The van der Waals surface area contributed by atoms with Crippen LogP contribution in [0.1, 0.15) is 29.8 Å². The molecule has 146 valence electrons. The molecule has 0 bridgehead atoms. The lowest BCUT2D eigenvalue weighted by atomic mass is 9.79. The number of benzene rings is 1. The maximum absolute atomic E-state index is 11.6. The highest BCUT2D eigenvalue weighted by molar-refractivity contribution is 5.80. The van der Waals surface area contributed by atoms with Gasteiger partial charge in [-0.05, 0) is 30.0 Å². The molecule has 1 aromatic carbocycles. The van der Waals surface area contributed by atoms with Crippen molar-refractivity contribution < 1.29 is 9.53 Å². The van der Waals surface area contributed by atoms with E-state index < -0.39 is 0 Å². The van der Waals surface area contributed by atoms with E-state index in [1.54, 1.807) is 0 Å². The number of rotatable bonds is 3.